The van der Waals surface area contributed by atoms with Crippen LogP contribution in [-0.2, 0) is 14.8 Å². The van der Waals surface area contributed by atoms with Gasteiger partial charge in [-0.1, -0.05) is 71.4 Å². The Labute approximate surface area is 198 Å². The molecule has 1 aromatic heterocycles. The largest absolute Gasteiger partial charge is 0.299 e. The van der Waals surface area contributed by atoms with E-state index in [2.05, 4.69) is 22.4 Å². The number of rotatable bonds is 9. The van der Waals surface area contributed by atoms with Gasteiger partial charge in [-0.3, -0.25) is 14.4 Å². The molecule has 1 heterocycles. The zero-order valence-electron chi connectivity index (χ0n) is 16.3. The molecule has 1 N–H and O–H groups in total. The number of nitrogens with zero attached hydrogens (tertiary/aromatic N) is 3. The number of carbonyl (C=O) groups excluding carboxylic acids is 1. The third-order valence-electron chi connectivity index (χ3n) is 3.88. The molecular weight excluding hydrogens is 499 g/mol. The van der Waals surface area contributed by atoms with Crippen LogP contribution in [0.3, 0.4) is 0 Å². The molecule has 0 saturated carbocycles. The van der Waals surface area contributed by atoms with Crippen molar-refractivity contribution in [3.63, 3.8) is 0 Å². The van der Waals surface area contributed by atoms with E-state index in [1.165, 1.54) is 53.4 Å². The maximum Gasteiger partial charge on any atom is 0.264 e. The van der Waals surface area contributed by atoms with Crippen LogP contribution in [0.25, 0.3) is 0 Å². The van der Waals surface area contributed by atoms with Crippen LogP contribution in [0.4, 0.5) is 10.8 Å². The second-order valence-corrected chi connectivity index (χ2v) is 11.2. The Morgan fingerprint density at radius 1 is 1.16 bits per heavy atom. The van der Waals surface area contributed by atoms with Crippen LogP contribution in [0.5, 0.6) is 0 Å². The molecule has 12 heteroatoms. The molecule has 0 atom stereocenters. The lowest BCUT2D eigenvalue weighted by molar-refractivity contribution is -0.114. The summed E-state index contributed by atoms with van der Waals surface area (Å²) in [6.45, 7) is 1.54. The van der Waals surface area contributed by atoms with Crippen molar-refractivity contribution in [1.82, 2.24) is 10.2 Å². The van der Waals surface area contributed by atoms with Crippen LogP contribution in [0.15, 0.2) is 57.8 Å². The predicted molar refractivity (Wildman–Crippen MR) is 127 cm³/mol. The molecule has 3 rings (SSSR count). The van der Waals surface area contributed by atoms with E-state index in [1.54, 1.807) is 18.2 Å². The van der Waals surface area contributed by atoms with Gasteiger partial charge in [0, 0.05) is 10.8 Å². The summed E-state index contributed by atoms with van der Waals surface area (Å²) in [6, 6.07) is 12.2. The van der Waals surface area contributed by atoms with Gasteiger partial charge in [0.2, 0.25) is 11.0 Å². The number of halogens is 2. The summed E-state index contributed by atoms with van der Waals surface area (Å²) in [5.41, 5.74) is 0.102. The van der Waals surface area contributed by atoms with E-state index in [1.807, 2.05) is 0 Å². The zero-order chi connectivity index (χ0) is 22.4. The lowest BCUT2D eigenvalue weighted by Crippen LogP contribution is -2.38. The average Bonchev–Trinajstić information content (AvgIpc) is 3.20. The second kappa shape index (κ2) is 10.6. The first-order valence-corrected chi connectivity index (χ1v) is 13.1. The Bertz CT molecular complexity index is 1160. The highest BCUT2D eigenvalue weighted by Gasteiger charge is 2.29. The van der Waals surface area contributed by atoms with E-state index in [9.17, 15) is 13.2 Å². The van der Waals surface area contributed by atoms with Crippen LogP contribution in [0.1, 0.15) is 13.3 Å². The number of sulfonamides is 1. The van der Waals surface area contributed by atoms with Gasteiger partial charge < -0.3 is 0 Å². The Morgan fingerprint density at radius 3 is 2.61 bits per heavy atom. The smallest absolute Gasteiger partial charge is 0.264 e. The molecule has 7 nitrogen and oxygen atoms in total. The molecule has 0 radical (unpaired) electrons. The highest BCUT2D eigenvalue weighted by Crippen LogP contribution is 2.33. The fourth-order valence-electron chi connectivity index (χ4n) is 2.49. The summed E-state index contributed by atoms with van der Waals surface area (Å²) >= 11 is 15.1. The van der Waals surface area contributed by atoms with Crippen LogP contribution in [-0.4, -0.2) is 36.8 Å². The molecular formula is C19H18Cl2N4O3S3. The maximum absolute atomic E-state index is 13.3. The summed E-state index contributed by atoms with van der Waals surface area (Å²) in [7, 11) is -4.09. The standard InChI is InChI=1S/C19H18Cl2N4O3S3/c1-2-10-29-19-24-23-18(30-19)22-17(26)12-25(16-11-13(20)8-9-15(16)21)31(27,28)14-6-4-3-5-7-14/h3-9,11H,2,10,12H2,1H3,(H,22,23,26). The number of thioether (sulfide) groups is 1. The van der Waals surface area contributed by atoms with Crippen LogP contribution in [0.2, 0.25) is 10.0 Å². The average molecular weight is 517 g/mol. The number of carbonyl (C=O) groups is 1. The molecule has 0 bridgehead atoms. The number of nitrogens with one attached hydrogen (secondary N) is 1. The first kappa shape index (κ1) is 23.8. The number of amides is 1. The molecule has 2 aromatic carbocycles. The fourth-order valence-corrected chi connectivity index (χ4v) is 6.08. The second-order valence-electron chi connectivity index (χ2n) is 6.19. The van der Waals surface area contributed by atoms with Gasteiger partial charge in [-0.25, -0.2) is 8.42 Å². The number of benzene rings is 2. The van der Waals surface area contributed by atoms with Crippen LogP contribution < -0.4 is 9.62 Å². The van der Waals surface area contributed by atoms with Gasteiger partial charge in [-0.2, -0.15) is 0 Å². The minimum absolute atomic E-state index is 0.0213. The van der Waals surface area contributed by atoms with Crippen molar-refractivity contribution in [1.29, 1.82) is 0 Å². The molecule has 0 aliphatic carbocycles. The van der Waals surface area contributed by atoms with Crippen molar-refractivity contribution < 1.29 is 13.2 Å². The fraction of sp³-hybridized carbons (Fsp3) is 0.211. The van der Waals surface area contributed by atoms with Crippen molar-refractivity contribution in [3.05, 3.63) is 58.6 Å². The van der Waals surface area contributed by atoms with E-state index >= 15 is 0 Å². The molecule has 0 fully saturated rings. The summed E-state index contributed by atoms with van der Waals surface area (Å²) in [4.78, 5) is 12.8. The molecule has 0 aliphatic rings. The van der Waals surface area contributed by atoms with Gasteiger partial charge in [0.15, 0.2) is 4.34 Å². The highest BCUT2D eigenvalue weighted by atomic mass is 35.5. The van der Waals surface area contributed by atoms with Crippen molar-refractivity contribution >= 4 is 73.0 Å². The third-order valence-corrected chi connectivity index (χ3v) is 8.38. The van der Waals surface area contributed by atoms with E-state index < -0.39 is 22.5 Å². The van der Waals surface area contributed by atoms with Gasteiger partial charge in [0.25, 0.3) is 10.0 Å². The Hall–Kier alpha value is -1.85. The van der Waals surface area contributed by atoms with E-state index in [0.717, 1.165) is 20.8 Å². The van der Waals surface area contributed by atoms with Gasteiger partial charge >= 0.3 is 0 Å². The first-order chi connectivity index (χ1) is 14.8. The minimum Gasteiger partial charge on any atom is -0.299 e. The lowest BCUT2D eigenvalue weighted by Gasteiger charge is -2.25. The Morgan fingerprint density at radius 2 is 1.90 bits per heavy atom. The molecule has 3 aromatic rings. The predicted octanol–water partition coefficient (Wildman–Crippen LogP) is 5.18. The van der Waals surface area contributed by atoms with Crippen LogP contribution in [0, 0.1) is 0 Å². The number of anilines is 2. The van der Waals surface area contributed by atoms with E-state index in [0.29, 0.717) is 0 Å². The quantitative estimate of drug-likeness (QED) is 0.311. The van der Waals surface area contributed by atoms with Gasteiger partial charge in [-0.05, 0) is 36.8 Å². The van der Waals surface area contributed by atoms with E-state index in [-0.39, 0.29) is 25.8 Å². The first-order valence-electron chi connectivity index (χ1n) is 9.10. The van der Waals surface area contributed by atoms with Crippen molar-refractivity contribution in [2.24, 2.45) is 0 Å². The number of aromatic nitrogens is 2. The van der Waals surface area contributed by atoms with Gasteiger partial charge in [0.1, 0.15) is 6.54 Å². The molecule has 31 heavy (non-hydrogen) atoms. The summed E-state index contributed by atoms with van der Waals surface area (Å²) < 4.78 is 28.3. The monoisotopic (exact) mass is 516 g/mol. The summed E-state index contributed by atoms with van der Waals surface area (Å²) in [5.74, 6) is 0.303. The molecule has 0 spiro atoms. The van der Waals surface area contributed by atoms with Crippen molar-refractivity contribution in [2.75, 3.05) is 21.9 Å². The Balaban J connectivity index is 1.89. The third kappa shape index (κ3) is 6.11. The Kier molecular flexibility index (Phi) is 8.17. The van der Waals surface area contributed by atoms with Crippen LogP contribution >= 0.6 is 46.3 Å². The summed E-state index contributed by atoms with van der Waals surface area (Å²) in [5, 5.41) is 11.3. The summed E-state index contributed by atoms with van der Waals surface area (Å²) in [6.07, 6.45) is 0.985. The van der Waals surface area contributed by atoms with Gasteiger partial charge in [0.05, 0.1) is 15.6 Å². The SMILES string of the molecule is CCCSc1nnc(NC(=O)CN(c2cc(Cl)ccc2Cl)S(=O)(=O)c2ccccc2)s1. The minimum atomic E-state index is -4.09. The topological polar surface area (TPSA) is 92.3 Å². The van der Waals surface area contributed by atoms with Crippen molar-refractivity contribution in [2.45, 2.75) is 22.6 Å². The van der Waals surface area contributed by atoms with Crippen molar-refractivity contribution in [3.8, 4) is 0 Å². The highest BCUT2D eigenvalue weighted by molar-refractivity contribution is 8.01. The molecule has 0 saturated heterocycles. The molecule has 0 unspecified atom stereocenters. The number of hydrogen-bond acceptors (Lipinski definition) is 7. The molecule has 0 aliphatic heterocycles. The molecule has 164 valence electrons. The van der Waals surface area contributed by atoms with Gasteiger partial charge in [-0.15, -0.1) is 10.2 Å². The van der Waals surface area contributed by atoms with E-state index in [4.69, 9.17) is 23.2 Å². The number of hydrogen-bond donors (Lipinski definition) is 1. The lowest BCUT2D eigenvalue weighted by atomic mass is 10.3. The molecule has 1 amide bonds. The normalized spacial score (nSPS) is 11.3. The maximum atomic E-state index is 13.3. The zero-order valence-corrected chi connectivity index (χ0v) is 20.2.